The first kappa shape index (κ1) is 19.0. The van der Waals surface area contributed by atoms with E-state index in [2.05, 4.69) is 21.0 Å². The number of nitrogens with zero attached hydrogens (tertiary/aromatic N) is 3. The Morgan fingerprint density at radius 2 is 1.86 bits per heavy atom. The molecule has 4 rings (SSSR count). The zero-order valence-corrected chi connectivity index (χ0v) is 16.8. The number of allylic oxidation sites excluding steroid dienone is 1. The van der Waals surface area contributed by atoms with Crippen LogP contribution in [0.5, 0.6) is 5.88 Å². The van der Waals surface area contributed by atoms with Gasteiger partial charge in [0.25, 0.3) is 0 Å². The van der Waals surface area contributed by atoms with E-state index in [1.54, 1.807) is 56.0 Å². The zero-order chi connectivity index (χ0) is 20.4. The third kappa shape index (κ3) is 3.68. The van der Waals surface area contributed by atoms with Crippen molar-refractivity contribution in [1.82, 2.24) is 15.0 Å². The molecule has 3 heterocycles. The monoisotopic (exact) mass is 420 g/mol. The SMILES string of the molecule is COc1ccc(-c2cnc3[nH]cc(/C=C(\C#N)c4c(Cl)cccc4Cl)c3c2)cn1. The predicted octanol–water partition coefficient (Wildman–Crippen LogP) is 6.00. The highest BCUT2D eigenvalue weighted by Crippen LogP contribution is 2.33. The van der Waals surface area contributed by atoms with E-state index in [1.165, 1.54) is 0 Å². The van der Waals surface area contributed by atoms with E-state index in [0.717, 1.165) is 22.1 Å². The quantitative estimate of drug-likeness (QED) is 0.410. The molecule has 0 saturated heterocycles. The molecule has 4 aromatic rings. The average Bonchev–Trinajstić information content (AvgIpc) is 3.15. The van der Waals surface area contributed by atoms with E-state index in [9.17, 15) is 5.26 Å². The van der Waals surface area contributed by atoms with Crippen LogP contribution in [0, 0.1) is 11.3 Å². The maximum Gasteiger partial charge on any atom is 0.212 e. The van der Waals surface area contributed by atoms with Crippen molar-refractivity contribution in [3.63, 3.8) is 0 Å². The number of hydrogen-bond donors (Lipinski definition) is 1. The van der Waals surface area contributed by atoms with Crippen molar-refractivity contribution in [2.45, 2.75) is 0 Å². The Kier molecular flexibility index (Phi) is 5.22. The Bertz CT molecular complexity index is 1250. The van der Waals surface area contributed by atoms with Gasteiger partial charge in [-0.3, -0.25) is 0 Å². The number of pyridine rings is 2. The number of fused-ring (bicyclic) bond motifs is 1. The van der Waals surface area contributed by atoms with Crippen LogP contribution in [0.15, 0.2) is 55.0 Å². The number of nitriles is 1. The highest BCUT2D eigenvalue weighted by molar-refractivity contribution is 6.38. The number of H-pyrrole nitrogens is 1. The number of methoxy groups -OCH3 is 1. The highest BCUT2D eigenvalue weighted by atomic mass is 35.5. The van der Waals surface area contributed by atoms with Gasteiger partial charge >= 0.3 is 0 Å². The van der Waals surface area contributed by atoms with Gasteiger partial charge in [0.1, 0.15) is 5.65 Å². The molecule has 1 N–H and O–H groups in total. The van der Waals surface area contributed by atoms with Gasteiger partial charge in [0.15, 0.2) is 0 Å². The molecule has 7 heteroatoms. The van der Waals surface area contributed by atoms with Gasteiger partial charge < -0.3 is 9.72 Å². The lowest BCUT2D eigenvalue weighted by atomic mass is 10.0. The summed E-state index contributed by atoms with van der Waals surface area (Å²) in [5, 5.41) is 11.4. The first-order valence-corrected chi connectivity index (χ1v) is 9.40. The third-order valence-electron chi connectivity index (χ3n) is 4.49. The number of aromatic amines is 1. The lowest BCUT2D eigenvalue weighted by Crippen LogP contribution is -1.88. The summed E-state index contributed by atoms with van der Waals surface area (Å²) in [7, 11) is 1.58. The summed E-state index contributed by atoms with van der Waals surface area (Å²) < 4.78 is 5.11. The topological polar surface area (TPSA) is 74.6 Å². The number of nitrogens with one attached hydrogen (secondary N) is 1. The summed E-state index contributed by atoms with van der Waals surface area (Å²) in [5.41, 5.74) is 4.21. The molecule has 0 atom stereocenters. The molecule has 0 saturated carbocycles. The number of halogens is 2. The second-order valence-corrected chi connectivity index (χ2v) is 7.03. The maximum absolute atomic E-state index is 9.70. The Hall–Kier alpha value is -3.33. The highest BCUT2D eigenvalue weighted by Gasteiger charge is 2.13. The molecule has 1 aromatic carbocycles. The van der Waals surface area contributed by atoms with Crippen molar-refractivity contribution < 1.29 is 4.74 Å². The average molecular weight is 421 g/mol. The van der Waals surface area contributed by atoms with Crippen LogP contribution in [0.3, 0.4) is 0 Å². The second kappa shape index (κ2) is 7.96. The second-order valence-electron chi connectivity index (χ2n) is 6.22. The molecule has 5 nitrogen and oxygen atoms in total. The molecule has 29 heavy (non-hydrogen) atoms. The van der Waals surface area contributed by atoms with Crippen LogP contribution in [-0.4, -0.2) is 22.1 Å². The van der Waals surface area contributed by atoms with Crippen LogP contribution >= 0.6 is 23.2 Å². The fraction of sp³-hybridized carbons (Fsp3) is 0.0455. The van der Waals surface area contributed by atoms with Crippen LogP contribution in [-0.2, 0) is 0 Å². The lowest BCUT2D eigenvalue weighted by Gasteiger charge is -2.06. The summed E-state index contributed by atoms with van der Waals surface area (Å²) >= 11 is 12.6. The minimum atomic E-state index is 0.373. The summed E-state index contributed by atoms with van der Waals surface area (Å²) in [6.07, 6.45) is 7.06. The van der Waals surface area contributed by atoms with E-state index in [-0.39, 0.29) is 0 Å². The van der Waals surface area contributed by atoms with Gasteiger partial charge in [0.2, 0.25) is 5.88 Å². The van der Waals surface area contributed by atoms with E-state index in [4.69, 9.17) is 27.9 Å². The van der Waals surface area contributed by atoms with Crippen LogP contribution in [0.1, 0.15) is 11.1 Å². The van der Waals surface area contributed by atoms with E-state index in [0.29, 0.717) is 32.7 Å². The van der Waals surface area contributed by atoms with Crippen molar-refractivity contribution in [2.24, 2.45) is 0 Å². The largest absolute Gasteiger partial charge is 0.481 e. The number of benzene rings is 1. The zero-order valence-electron chi connectivity index (χ0n) is 15.3. The molecule has 0 aliphatic heterocycles. The van der Waals surface area contributed by atoms with E-state index >= 15 is 0 Å². The summed E-state index contributed by atoms with van der Waals surface area (Å²) in [4.78, 5) is 11.9. The van der Waals surface area contributed by atoms with Gasteiger partial charge in [-0.2, -0.15) is 5.26 Å². The molecule has 0 aliphatic carbocycles. The fourth-order valence-electron chi connectivity index (χ4n) is 3.04. The normalized spacial score (nSPS) is 11.4. The Morgan fingerprint density at radius 3 is 2.52 bits per heavy atom. The Morgan fingerprint density at radius 1 is 1.10 bits per heavy atom. The molecule has 3 aromatic heterocycles. The molecule has 0 bridgehead atoms. The van der Waals surface area contributed by atoms with Gasteiger partial charge in [0, 0.05) is 52.3 Å². The summed E-state index contributed by atoms with van der Waals surface area (Å²) in [6.45, 7) is 0. The van der Waals surface area contributed by atoms with Gasteiger partial charge in [-0.15, -0.1) is 0 Å². The number of hydrogen-bond acceptors (Lipinski definition) is 4. The lowest BCUT2D eigenvalue weighted by molar-refractivity contribution is 0.398. The van der Waals surface area contributed by atoms with Crippen molar-refractivity contribution >= 4 is 45.9 Å². The molecule has 0 amide bonds. The van der Waals surface area contributed by atoms with Gasteiger partial charge in [-0.25, -0.2) is 9.97 Å². The van der Waals surface area contributed by atoms with Gasteiger partial charge in [0.05, 0.1) is 28.8 Å². The van der Waals surface area contributed by atoms with Crippen molar-refractivity contribution in [3.05, 3.63) is 76.2 Å². The minimum absolute atomic E-state index is 0.373. The van der Waals surface area contributed by atoms with Crippen molar-refractivity contribution in [2.75, 3.05) is 7.11 Å². The van der Waals surface area contributed by atoms with Crippen molar-refractivity contribution in [1.29, 1.82) is 5.26 Å². The van der Waals surface area contributed by atoms with E-state index in [1.807, 2.05) is 12.1 Å². The molecule has 0 aliphatic rings. The molecule has 142 valence electrons. The molecule has 0 fully saturated rings. The van der Waals surface area contributed by atoms with Gasteiger partial charge in [-0.05, 0) is 30.3 Å². The summed E-state index contributed by atoms with van der Waals surface area (Å²) in [5.74, 6) is 0.545. The minimum Gasteiger partial charge on any atom is -0.481 e. The Balaban J connectivity index is 1.82. The smallest absolute Gasteiger partial charge is 0.212 e. The van der Waals surface area contributed by atoms with Crippen LogP contribution in [0.4, 0.5) is 0 Å². The first-order valence-electron chi connectivity index (χ1n) is 8.64. The summed E-state index contributed by atoms with van der Waals surface area (Å²) in [6, 6.07) is 13.1. The maximum atomic E-state index is 9.70. The fourth-order valence-corrected chi connectivity index (χ4v) is 3.64. The van der Waals surface area contributed by atoms with Gasteiger partial charge in [-0.1, -0.05) is 29.3 Å². The number of rotatable bonds is 4. The van der Waals surface area contributed by atoms with Crippen LogP contribution < -0.4 is 4.74 Å². The Labute approximate surface area is 177 Å². The first-order chi connectivity index (χ1) is 14.1. The molecule has 0 spiro atoms. The van der Waals surface area contributed by atoms with Crippen LogP contribution in [0.25, 0.3) is 33.8 Å². The van der Waals surface area contributed by atoms with E-state index < -0.39 is 0 Å². The van der Waals surface area contributed by atoms with Crippen LogP contribution in [0.2, 0.25) is 10.0 Å². The number of aromatic nitrogens is 3. The number of ether oxygens (including phenoxy) is 1. The third-order valence-corrected chi connectivity index (χ3v) is 5.12. The standard InChI is InChI=1S/C22H14Cl2N4O/c1-29-20-6-5-13(10-26-20)15-8-17-16(12-28-22(17)27-11-15)7-14(9-25)21-18(23)3-2-4-19(21)24/h2-8,10-12H,1H3,(H,27,28)/b14-7+. The molecule has 0 unspecified atom stereocenters. The molecule has 0 radical (unpaired) electrons. The molecular formula is C22H14Cl2N4O. The predicted molar refractivity (Wildman–Crippen MR) is 116 cm³/mol. The van der Waals surface area contributed by atoms with Crippen molar-refractivity contribution in [3.8, 4) is 23.1 Å². The molecular weight excluding hydrogens is 407 g/mol.